The zero-order chi connectivity index (χ0) is 22.1. The number of carbonyl (C=O) groups is 3. The van der Waals surface area contributed by atoms with E-state index in [2.05, 4.69) is 0 Å². The van der Waals surface area contributed by atoms with E-state index in [1.54, 1.807) is 66.7 Å². The van der Waals surface area contributed by atoms with Gasteiger partial charge in [0.15, 0.2) is 17.3 Å². The molecule has 154 valence electrons. The van der Waals surface area contributed by atoms with Gasteiger partial charge < -0.3 is 4.74 Å². The molecule has 4 nitrogen and oxygen atoms in total. The Morgan fingerprint density at radius 1 is 0.594 bits per heavy atom. The summed E-state index contributed by atoms with van der Waals surface area (Å²) in [7, 11) is 0. The van der Waals surface area contributed by atoms with Crippen molar-refractivity contribution in [2.45, 2.75) is 5.92 Å². The quantitative estimate of drug-likeness (QED) is 0.445. The molecule has 0 N–H and O–H groups in total. The molecule has 2 aliphatic carbocycles. The van der Waals surface area contributed by atoms with Crippen molar-refractivity contribution in [1.82, 2.24) is 0 Å². The molecule has 0 aromatic heterocycles. The molecule has 32 heavy (non-hydrogen) atoms. The molecule has 1 heterocycles. The van der Waals surface area contributed by atoms with E-state index in [1.807, 2.05) is 0 Å². The van der Waals surface area contributed by atoms with Crippen LogP contribution < -0.4 is 0 Å². The summed E-state index contributed by atoms with van der Waals surface area (Å²) in [5.74, 6) is -1.52. The van der Waals surface area contributed by atoms with Crippen LogP contribution in [0.1, 0.15) is 48.1 Å². The van der Waals surface area contributed by atoms with Crippen molar-refractivity contribution < 1.29 is 19.1 Å². The summed E-state index contributed by atoms with van der Waals surface area (Å²) >= 11 is 12.4. The molecule has 6 heteroatoms. The first-order valence-electron chi connectivity index (χ1n) is 9.91. The van der Waals surface area contributed by atoms with Crippen LogP contribution in [-0.2, 0) is 4.74 Å². The molecule has 0 radical (unpaired) electrons. The summed E-state index contributed by atoms with van der Waals surface area (Å²) < 4.78 is 6.07. The lowest BCUT2D eigenvalue weighted by Crippen LogP contribution is -2.31. The summed E-state index contributed by atoms with van der Waals surface area (Å²) in [4.78, 5) is 40.5. The molecule has 0 bridgehead atoms. The molecule has 3 aliphatic rings. The number of Topliss-reactive ketones (excluding diaryl/α,β-unsaturated/α-hetero) is 3. The van der Waals surface area contributed by atoms with Crippen molar-refractivity contribution in [3.8, 4) is 0 Å². The van der Waals surface area contributed by atoms with Crippen LogP contribution in [0.4, 0.5) is 0 Å². The Bertz CT molecular complexity index is 1480. The van der Waals surface area contributed by atoms with Gasteiger partial charge in [0.05, 0.1) is 21.2 Å². The molecule has 6 rings (SSSR count). The van der Waals surface area contributed by atoms with Crippen LogP contribution in [0.3, 0.4) is 0 Å². The maximum atomic E-state index is 13.6. The van der Waals surface area contributed by atoms with Gasteiger partial charge in [-0.1, -0.05) is 77.8 Å². The number of benzene rings is 3. The number of rotatable bonds is 1. The summed E-state index contributed by atoms with van der Waals surface area (Å²) in [5.41, 5.74) is 2.70. The van der Waals surface area contributed by atoms with E-state index in [1.165, 1.54) is 0 Å². The first-order valence-corrected chi connectivity index (χ1v) is 10.7. The van der Waals surface area contributed by atoms with E-state index in [4.69, 9.17) is 27.9 Å². The SMILES string of the molecule is O=C1C2=C(C(=O)c3ccccc31)C(c1ccc(Cl)c(Cl)c1)C1=C(O2)c2ccccc2C1=O. The lowest BCUT2D eigenvalue weighted by molar-refractivity contribution is 0.0913. The molecule has 3 aromatic carbocycles. The standard InChI is InChI=1S/C26H12Cl2O4/c27-17-10-9-12(11-18(17)28)19-20-23(30)15-7-3-4-8-16(15)25(20)32-26-21(19)22(29)13-5-1-2-6-14(13)24(26)31/h1-11,19H. The van der Waals surface area contributed by atoms with Gasteiger partial charge in [-0.3, -0.25) is 14.4 Å². The van der Waals surface area contributed by atoms with Crippen LogP contribution in [-0.4, -0.2) is 17.3 Å². The molecule has 0 amide bonds. The number of carbonyl (C=O) groups excluding carboxylic acids is 3. The molecule has 1 unspecified atom stereocenters. The predicted molar refractivity (Wildman–Crippen MR) is 120 cm³/mol. The average molecular weight is 459 g/mol. The fraction of sp³-hybridized carbons (Fsp3) is 0.0385. The molecule has 3 aromatic rings. The molecule has 0 saturated heterocycles. The fourth-order valence-corrected chi connectivity index (χ4v) is 4.96. The van der Waals surface area contributed by atoms with Gasteiger partial charge in [0.1, 0.15) is 5.76 Å². The Kier molecular flexibility index (Phi) is 4.06. The van der Waals surface area contributed by atoms with Gasteiger partial charge in [0.25, 0.3) is 0 Å². The molecular weight excluding hydrogens is 447 g/mol. The Balaban J connectivity index is 1.65. The highest BCUT2D eigenvalue weighted by Crippen LogP contribution is 2.52. The highest BCUT2D eigenvalue weighted by atomic mass is 35.5. The molecule has 0 fully saturated rings. The van der Waals surface area contributed by atoms with Gasteiger partial charge in [0, 0.05) is 28.2 Å². The lowest BCUT2D eigenvalue weighted by atomic mass is 9.74. The van der Waals surface area contributed by atoms with E-state index in [-0.39, 0.29) is 44.8 Å². The number of allylic oxidation sites excluding steroid dienone is 3. The second-order valence-electron chi connectivity index (χ2n) is 7.77. The van der Waals surface area contributed by atoms with Crippen molar-refractivity contribution in [2.75, 3.05) is 0 Å². The van der Waals surface area contributed by atoms with Gasteiger partial charge in [0.2, 0.25) is 5.78 Å². The van der Waals surface area contributed by atoms with Crippen LogP contribution in [0.5, 0.6) is 0 Å². The second kappa shape index (κ2) is 6.76. The monoisotopic (exact) mass is 458 g/mol. The Morgan fingerprint density at radius 3 is 1.75 bits per heavy atom. The van der Waals surface area contributed by atoms with Crippen molar-refractivity contribution in [2.24, 2.45) is 0 Å². The average Bonchev–Trinajstić information content (AvgIpc) is 3.10. The smallest absolute Gasteiger partial charge is 0.229 e. The number of fused-ring (bicyclic) bond motifs is 3. The first-order chi connectivity index (χ1) is 15.5. The molecule has 1 atom stereocenters. The summed E-state index contributed by atoms with van der Waals surface area (Å²) in [6.45, 7) is 0. The number of hydrogen-bond donors (Lipinski definition) is 0. The minimum absolute atomic E-state index is 0.0481. The van der Waals surface area contributed by atoms with Crippen LogP contribution in [0, 0.1) is 0 Å². The Morgan fingerprint density at radius 2 is 1.12 bits per heavy atom. The first kappa shape index (κ1) is 19.2. The Hall–Kier alpha value is -3.47. The number of ketones is 3. The van der Waals surface area contributed by atoms with E-state index >= 15 is 0 Å². The van der Waals surface area contributed by atoms with Gasteiger partial charge >= 0.3 is 0 Å². The summed E-state index contributed by atoms with van der Waals surface area (Å²) in [6, 6.07) is 18.6. The minimum Gasteiger partial charge on any atom is -0.452 e. The third-order valence-electron chi connectivity index (χ3n) is 6.08. The maximum Gasteiger partial charge on any atom is 0.229 e. The fourth-order valence-electron chi connectivity index (χ4n) is 4.65. The lowest BCUT2D eigenvalue weighted by Gasteiger charge is -2.32. The van der Waals surface area contributed by atoms with Crippen LogP contribution in [0.15, 0.2) is 83.6 Å². The van der Waals surface area contributed by atoms with E-state index < -0.39 is 5.92 Å². The highest BCUT2D eigenvalue weighted by molar-refractivity contribution is 6.42. The van der Waals surface area contributed by atoms with Crippen LogP contribution >= 0.6 is 23.2 Å². The number of ether oxygens (including phenoxy) is 1. The molecular formula is C26H12Cl2O4. The zero-order valence-corrected chi connectivity index (χ0v) is 17.8. The Labute approximate surface area is 192 Å². The largest absolute Gasteiger partial charge is 0.452 e. The molecule has 0 saturated carbocycles. The summed E-state index contributed by atoms with van der Waals surface area (Å²) in [5, 5.41) is 0.640. The van der Waals surface area contributed by atoms with Crippen LogP contribution in [0.25, 0.3) is 5.76 Å². The summed E-state index contributed by atoms with van der Waals surface area (Å²) in [6.07, 6.45) is 0. The zero-order valence-electron chi connectivity index (χ0n) is 16.3. The van der Waals surface area contributed by atoms with Gasteiger partial charge in [-0.15, -0.1) is 0 Å². The van der Waals surface area contributed by atoms with E-state index in [0.717, 1.165) is 0 Å². The number of hydrogen-bond acceptors (Lipinski definition) is 4. The van der Waals surface area contributed by atoms with E-state index in [9.17, 15) is 14.4 Å². The van der Waals surface area contributed by atoms with Crippen molar-refractivity contribution >= 4 is 46.3 Å². The van der Waals surface area contributed by atoms with Gasteiger partial charge in [-0.2, -0.15) is 0 Å². The van der Waals surface area contributed by atoms with Crippen molar-refractivity contribution in [1.29, 1.82) is 0 Å². The molecule has 0 spiro atoms. The van der Waals surface area contributed by atoms with Gasteiger partial charge in [-0.25, -0.2) is 0 Å². The normalized spacial score (nSPS) is 18.8. The predicted octanol–water partition coefficient (Wildman–Crippen LogP) is 6.05. The third-order valence-corrected chi connectivity index (χ3v) is 6.81. The topological polar surface area (TPSA) is 60.4 Å². The second-order valence-corrected chi connectivity index (χ2v) is 8.59. The minimum atomic E-state index is -0.812. The van der Waals surface area contributed by atoms with Crippen molar-refractivity contribution in [3.63, 3.8) is 0 Å². The highest BCUT2D eigenvalue weighted by Gasteiger charge is 2.48. The number of halogens is 2. The maximum absolute atomic E-state index is 13.6. The van der Waals surface area contributed by atoms with Crippen LogP contribution in [0.2, 0.25) is 10.0 Å². The van der Waals surface area contributed by atoms with Gasteiger partial charge in [-0.05, 0) is 17.7 Å². The third kappa shape index (κ3) is 2.48. The molecule has 1 aliphatic heterocycles. The van der Waals surface area contributed by atoms with Crippen molar-refractivity contribution in [3.05, 3.63) is 121 Å². The van der Waals surface area contributed by atoms with E-state index in [0.29, 0.717) is 33.0 Å².